The van der Waals surface area contributed by atoms with Crippen molar-refractivity contribution in [1.82, 2.24) is 24.8 Å². The van der Waals surface area contributed by atoms with E-state index >= 15 is 0 Å². The SMILES string of the molecule is CCC(=O)CCCCCNC(=O)CCSSCCC(=O)Nc1nc2c(ncn2[C@@H]2O[C@H](COPPP)C(O)[C@@H]2O)c(=O)[nH]1. The van der Waals surface area contributed by atoms with Crippen LogP contribution in [-0.2, 0) is 23.6 Å². The van der Waals surface area contributed by atoms with Crippen LogP contribution in [0.4, 0.5) is 5.95 Å². The quantitative estimate of drug-likeness (QED) is 0.0772. The largest absolute Gasteiger partial charge is 0.387 e. The van der Waals surface area contributed by atoms with Gasteiger partial charge >= 0.3 is 0 Å². The summed E-state index contributed by atoms with van der Waals surface area (Å²) in [5.41, 5.74) is -0.502. The average molecular weight is 697 g/mol. The number of nitrogens with zero attached hydrogens (tertiary/aromatic N) is 3. The van der Waals surface area contributed by atoms with Gasteiger partial charge in [0.05, 0.1) is 12.9 Å². The highest BCUT2D eigenvalue weighted by Crippen LogP contribution is 2.44. The van der Waals surface area contributed by atoms with Crippen molar-refractivity contribution in [2.45, 2.75) is 76.4 Å². The number of aliphatic hydroxyl groups is 2. The molecule has 1 aliphatic heterocycles. The third-order valence-electron chi connectivity index (χ3n) is 6.44. The zero-order valence-corrected chi connectivity index (χ0v) is 28.5. The molecule has 2 aromatic heterocycles. The number of H-pyrrole nitrogens is 1. The summed E-state index contributed by atoms with van der Waals surface area (Å²) < 4.78 is 12.6. The number of rotatable bonds is 20. The maximum absolute atomic E-state index is 12.6. The topological polar surface area (TPSA) is 198 Å². The molecule has 2 aromatic rings. The number of fused-ring (bicyclic) bond motifs is 1. The summed E-state index contributed by atoms with van der Waals surface area (Å²) in [6.45, 7) is 2.57. The number of ketones is 1. The Hall–Kier alpha value is -1.21. The smallest absolute Gasteiger partial charge is 0.280 e. The van der Waals surface area contributed by atoms with Gasteiger partial charge in [0.1, 0.15) is 24.1 Å². The predicted octanol–water partition coefficient (Wildman–Crippen LogP) is 2.49. The highest BCUT2D eigenvalue weighted by molar-refractivity contribution is 8.76. The second-order valence-electron chi connectivity index (χ2n) is 9.59. The molecule has 14 nitrogen and oxygen atoms in total. The minimum Gasteiger partial charge on any atom is -0.387 e. The molecule has 5 N–H and O–H groups in total. The molecule has 0 aromatic carbocycles. The summed E-state index contributed by atoms with van der Waals surface area (Å²) in [7, 11) is 6.29. The lowest BCUT2D eigenvalue weighted by atomic mass is 10.1. The number of ether oxygens (including phenoxy) is 1. The first-order valence-corrected chi connectivity index (χ1v) is 21.1. The molecular weight excluding hydrogens is 657 g/mol. The Bertz CT molecular complexity index is 1270. The van der Waals surface area contributed by atoms with Gasteiger partial charge in [0.25, 0.3) is 5.56 Å². The molecule has 7 atom stereocenters. The van der Waals surface area contributed by atoms with Gasteiger partial charge in [0.15, 0.2) is 17.4 Å². The highest BCUT2D eigenvalue weighted by Gasteiger charge is 2.44. The number of carbonyl (C=O) groups excluding carboxylic acids is 3. The molecule has 240 valence electrons. The zero-order chi connectivity index (χ0) is 31.2. The van der Waals surface area contributed by atoms with Crippen molar-refractivity contribution < 1.29 is 33.9 Å². The number of aromatic nitrogens is 4. The maximum atomic E-state index is 12.6. The van der Waals surface area contributed by atoms with Crippen LogP contribution < -0.4 is 16.2 Å². The molecule has 1 aliphatic rings. The van der Waals surface area contributed by atoms with Gasteiger partial charge < -0.3 is 24.8 Å². The van der Waals surface area contributed by atoms with Crippen LogP contribution in [0.15, 0.2) is 11.1 Å². The van der Waals surface area contributed by atoms with Gasteiger partial charge in [-0.3, -0.25) is 34.0 Å². The number of unbranched alkanes of at least 4 members (excludes halogenated alkanes) is 2. The van der Waals surface area contributed by atoms with Gasteiger partial charge in [0.2, 0.25) is 17.8 Å². The maximum Gasteiger partial charge on any atom is 0.280 e. The number of hydrogen-bond acceptors (Lipinski definition) is 12. The van der Waals surface area contributed by atoms with Crippen molar-refractivity contribution in [3.8, 4) is 0 Å². The van der Waals surface area contributed by atoms with E-state index in [1.54, 1.807) is 0 Å². The van der Waals surface area contributed by atoms with Gasteiger partial charge in [-0.05, 0) is 12.8 Å². The minimum absolute atomic E-state index is 0.00636. The Morgan fingerprint density at radius 1 is 1.14 bits per heavy atom. The molecule has 4 unspecified atom stereocenters. The van der Waals surface area contributed by atoms with Crippen LogP contribution in [0.3, 0.4) is 0 Å². The van der Waals surface area contributed by atoms with Crippen molar-refractivity contribution >= 4 is 81.7 Å². The Morgan fingerprint density at radius 2 is 1.88 bits per heavy atom. The Balaban J connectivity index is 1.39. The summed E-state index contributed by atoms with van der Waals surface area (Å²) in [6, 6.07) is 0. The van der Waals surface area contributed by atoms with Crippen LogP contribution in [0, 0.1) is 0 Å². The fraction of sp³-hybridized carbons (Fsp3) is 0.667. The average Bonchev–Trinajstić information content (AvgIpc) is 3.53. The van der Waals surface area contributed by atoms with Crippen molar-refractivity contribution in [1.29, 1.82) is 0 Å². The van der Waals surface area contributed by atoms with Crippen LogP contribution in [0.25, 0.3) is 11.2 Å². The van der Waals surface area contributed by atoms with Crippen molar-refractivity contribution in [2.75, 3.05) is 30.0 Å². The van der Waals surface area contributed by atoms with Crippen molar-refractivity contribution in [3.63, 3.8) is 0 Å². The molecule has 0 radical (unpaired) electrons. The van der Waals surface area contributed by atoms with E-state index < -0.39 is 30.1 Å². The first-order valence-electron chi connectivity index (χ1n) is 13.9. The molecule has 0 spiro atoms. The zero-order valence-electron chi connectivity index (χ0n) is 23.7. The van der Waals surface area contributed by atoms with Gasteiger partial charge in [-0.2, -0.15) is 4.98 Å². The second-order valence-corrected chi connectivity index (χ2v) is 17.1. The molecule has 3 rings (SSSR count). The third kappa shape index (κ3) is 11.6. The number of amides is 2. The summed E-state index contributed by atoms with van der Waals surface area (Å²) in [5.74, 6) is 0.902. The molecule has 19 heteroatoms. The van der Waals surface area contributed by atoms with Crippen LogP contribution in [-0.4, -0.2) is 90.3 Å². The van der Waals surface area contributed by atoms with E-state index in [1.807, 2.05) is 6.92 Å². The second kappa shape index (κ2) is 19.3. The lowest BCUT2D eigenvalue weighted by Crippen LogP contribution is -2.33. The Morgan fingerprint density at radius 3 is 2.60 bits per heavy atom. The predicted molar refractivity (Wildman–Crippen MR) is 176 cm³/mol. The monoisotopic (exact) mass is 696 g/mol. The number of hydrogen-bond donors (Lipinski definition) is 5. The van der Waals surface area contributed by atoms with Gasteiger partial charge in [-0.25, -0.2) is 4.98 Å². The normalized spacial score (nSPS) is 20.6. The number of imidazole rings is 1. The summed E-state index contributed by atoms with van der Waals surface area (Å²) in [4.78, 5) is 59.2. The lowest BCUT2D eigenvalue weighted by Gasteiger charge is -2.16. The number of anilines is 1. The lowest BCUT2D eigenvalue weighted by molar-refractivity contribution is -0.121. The van der Waals surface area contributed by atoms with E-state index in [0.29, 0.717) is 45.3 Å². The number of aromatic amines is 1. The molecule has 0 aliphatic carbocycles. The molecule has 0 bridgehead atoms. The number of carbonyl (C=O) groups is 3. The Kier molecular flexibility index (Phi) is 16.3. The number of Topliss-reactive ketones (excluding diaryl/α,β-unsaturated/α-hetero) is 1. The first kappa shape index (κ1) is 36.3. The van der Waals surface area contributed by atoms with Crippen LogP contribution in [0.1, 0.15) is 58.1 Å². The number of nitrogens with one attached hydrogen (secondary N) is 3. The Labute approximate surface area is 262 Å². The van der Waals surface area contributed by atoms with E-state index in [9.17, 15) is 29.4 Å². The summed E-state index contributed by atoms with van der Waals surface area (Å²) in [5, 5.41) is 26.4. The molecule has 1 fully saturated rings. The first-order chi connectivity index (χ1) is 20.7. The van der Waals surface area contributed by atoms with Gasteiger partial charge in [-0.1, -0.05) is 42.9 Å². The number of aliphatic hydroxyl groups excluding tert-OH is 2. The fourth-order valence-corrected chi connectivity index (χ4v) is 7.69. The minimum atomic E-state index is -1.30. The molecule has 2 amide bonds. The van der Waals surface area contributed by atoms with Crippen LogP contribution >= 0.6 is 47.0 Å². The molecule has 3 heterocycles. The summed E-state index contributed by atoms with van der Waals surface area (Å²) >= 11 is 0. The van der Waals surface area contributed by atoms with E-state index in [1.165, 1.54) is 32.5 Å². The molecular formula is C24H39N6O8P3S2. The van der Waals surface area contributed by atoms with E-state index in [0.717, 1.165) is 19.3 Å². The molecule has 43 heavy (non-hydrogen) atoms. The third-order valence-corrected chi connectivity index (χ3v) is 11.1. The molecule has 1 saturated heterocycles. The van der Waals surface area contributed by atoms with E-state index in [4.69, 9.17) is 9.26 Å². The van der Waals surface area contributed by atoms with E-state index in [2.05, 4.69) is 34.5 Å². The van der Waals surface area contributed by atoms with Crippen LogP contribution in [0.2, 0.25) is 0 Å². The standard InChI is InChI=1S/C24H39N6O8P3S2/c1-2-14(31)6-4-3-5-9-25-16(32)7-10-42-43-11-8-17(33)27-24-28-21-18(22(36)29-24)26-13-30(21)23-20(35)19(34)15(38-23)12-37-40-41-39/h13,15,19-20,23,34-35,40-41H,2-12,39H2,1H3,(H,25,32)(H2,27,28,29,33,36)/t15-,19?,20+,23-/m1/s1. The fourth-order valence-electron chi connectivity index (χ4n) is 4.13. The van der Waals surface area contributed by atoms with Gasteiger partial charge in [-0.15, -0.1) is 8.93 Å². The van der Waals surface area contributed by atoms with Crippen molar-refractivity contribution in [2.24, 2.45) is 0 Å². The molecule has 0 saturated carbocycles. The van der Waals surface area contributed by atoms with E-state index in [-0.39, 0.29) is 56.2 Å². The van der Waals surface area contributed by atoms with Crippen molar-refractivity contribution in [3.05, 3.63) is 16.7 Å². The van der Waals surface area contributed by atoms with Crippen LogP contribution in [0.5, 0.6) is 0 Å². The summed E-state index contributed by atoms with van der Waals surface area (Å²) in [6.07, 6.45) is 1.30. The van der Waals surface area contributed by atoms with Gasteiger partial charge in [0, 0.05) is 52.2 Å². The highest BCUT2D eigenvalue weighted by atomic mass is 33.1.